The summed E-state index contributed by atoms with van der Waals surface area (Å²) in [5, 5.41) is 13.1. The average molecular weight is 263 g/mol. The number of rotatable bonds is 6. The van der Waals surface area contributed by atoms with Crippen LogP contribution in [0.3, 0.4) is 0 Å². The Kier molecular flexibility index (Phi) is 5.12. The zero-order valence-corrected chi connectivity index (χ0v) is 12.4. The number of carbonyl (C=O) groups is 1. The van der Waals surface area contributed by atoms with Crippen LogP contribution in [0.4, 0.5) is 0 Å². The van der Waals surface area contributed by atoms with Crippen molar-refractivity contribution in [2.45, 2.75) is 51.6 Å². The minimum absolute atomic E-state index is 0.0565. The van der Waals surface area contributed by atoms with E-state index in [1.165, 1.54) is 0 Å². The van der Waals surface area contributed by atoms with Crippen LogP contribution in [0.5, 0.6) is 0 Å². The molecule has 0 aliphatic rings. The van der Waals surface area contributed by atoms with Gasteiger partial charge in [-0.3, -0.25) is 4.79 Å². The highest BCUT2D eigenvalue weighted by molar-refractivity contribution is 5.87. The van der Waals surface area contributed by atoms with Gasteiger partial charge < -0.3 is 10.4 Å². The van der Waals surface area contributed by atoms with Crippen molar-refractivity contribution in [2.75, 3.05) is 6.54 Å². The molecule has 0 saturated carbocycles. The molecule has 1 aromatic rings. The Balaban J connectivity index is 2.73. The van der Waals surface area contributed by atoms with Crippen molar-refractivity contribution in [1.82, 2.24) is 5.32 Å². The van der Waals surface area contributed by atoms with Crippen LogP contribution in [0, 0.1) is 0 Å². The number of nitrogens with one attached hydrogen (secondary N) is 1. The fraction of sp³-hybridized carbons (Fsp3) is 0.562. The molecule has 1 aromatic carbocycles. The van der Waals surface area contributed by atoms with Crippen LogP contribution < -0.4 is 5.32 Å². The van der Waals surface area contributed by atoms with Gasteiger partial charge in [0.05, 0.1) is 11.0 Å². The van der Waals surface area contributed by atoms with Crippen LogP contribution in [-0.4, -0.2) is 23.2 Å². The van der Waals surface area contributed by atoms with E-state index in [2.05, 4.69) is 5.32 Å². The molecule has 19 heavy (non-hydrogen) atoms. The topological polar surface area (TPSA) is 49.3 Å². The summed E-state index contributed by atoms with van der Waals surface area (Å²) in [6, 6.07) is 9.69. The summed E-state index contributed by atoms with van der Waals surface area (Å²) in [5.74, 6) is -0.0565. The molecule has 0 heterocycles. The van der Waals surface area contributed by atoms with Crippen LogP contribution in [0.25, 0.3) is 0 Å². The van der Waals surface area contributed by atoms with E-state index in [0.717, 1.165) is 5.56 Å². The second-order valence-electron chi connectivity index (χ2n) is 5.61. The van der Waals surface area contributed by atoms with Gasteiger partial charge in [-0.1, -0.05) is 44.2 Å². The summed E-state index contributed by atoms with van der Waals surface area (Å²) in [6.45, 7) is 7.95. The minimum atomic E-state index is -0.803. The second kappa shape index (κ2) is 6.20. The summed E-state index contributed by atoms with van der Waals surface area (Å²) < 4.78 is 0. The fourth-order valence-electron chi connectivity index (χ4n) is 1.95. The predicted molar refractivity (Wildman–Crippen MR) is 78.0 cm³/mol. The van der Waals surface area contributed by atoms with Gasteiger partial charge in [-0.25, -0.2) is 0 Å². The Hall–Kier alpha value is -1.35. The normalized spacial score (nSPS) is 12.3. The van der Waals surface area contributed by atoms with Crippen LogP contribution >= 0.6 is 0 Å². The highest BCUT2D eigenvalue weighted by atomic mass is 16.3. The number of amides is 1. The van der Waals surface area contributed by atoms with Crippen molar-refractivity contribution in [3.63, 3.8) is 0 Å². The second-order valence-corrected chi connectivity index (χ2v) is 5.61. The molecule has 0 radical (unpaired) electrons. The lowest BCUT2D eigenvalue weighted by Gasteiger charge is -2.29. The van der Waals surface area contributed by atoms with Crippen molar-refractivity contribution in [3.05, 3.63) is 35.9 Å². The Bertz CT molecular complexity index is 408. The SMILES string of the molecule is CCC(O)(CC)CNC(=O)C(C)(C)c1ccccc1. The molecule has 0 saturated heterocycles. The first-order valence-corrected chi connectivity index (χ1v) is 6.92. The first-order valence-electron chi connectivity index (χ1n) is 6.92. The van der Waals surface area contributed by atoms with Crippen molar-refractivity contribution in [1.29, 1.82) is 0 Å². The largest absolute Gasteiger partial charge is 0.388 e. The van der Waals surface area contributed by atoms with E-state index in [0.29, 0.717) is 19.4 Å². The van der Waals surface area contributed by atoms with Gasteiger partial charge in [-0.2, -0.15) is 0 Å². The van der Waals surface area contributed by atoms with Gasteiger partial charge in [0.2, 0.25) is 5.91 Å². The molecular formula is C16H25NO2. The Labute approximate surface area is 116 Å². The lowest BCUT2D eigenvalue weighted by atomic mass is 9.83. The molecule has 106 valence electrons. The highest BCUT2D eigenvalue weighted by Gasteiger charge is 2.31. The zero-order valence-electron chi connectivity index (χ0n) is 12.4. The van der Waals surface area contributed by atoms with E-state index in [-0.39, 0.29) is 5.91 Å². The van der Waals surface area contributed by atoms with Gasteiger partial charge in [0.25, 0.3) is 0 Å². The molecule has 0 aliphatic carbocycles. The molecule has 3 heteroatoms. The maximum atomic E-state index is 12.3. The Morgan fingerprint density at radius 1 is 1.16 bits per heavy atom. The van der Waals surface area contributed by atoms with E-state index in [1.807, 2.05) is 58.0 Å². The van der Waals surface area contributed by atoms with Gasteiger partial charge in [0.1, 0.15) is 0 Å². The van der Waals surface area contributed by atoms with Crippen molar-refractivity contribution >= 4 is 5.91 Å². The van der Waals surface area contributed by atoms with Crippen LogP contribution in [0.2, 0.25) is 0 Å². The first kappa shape index (κ1) is 15.7. The van der Waals surface area contributed by atoms with E-state index < -0.39 is 11.0 Å². The van der Waals surface area contributed by atoms with Gasteiger partial charge >= 0.3 is 0 Å². The molecule has 0 spiro atoms. The van der Waals surface area contributed by atoms with Gasteiger partial charge in [0.15, 0.2) is 0 Å². The molecule has 0 atom stereocenters. The first-order chi connectivity index (χ1) is 8.85. The maximum Gasteiger partial charge on any atom is 0.230 e. The third-order valence-corrected chi connectivity index (χ3v) is 3.96. The number of aliphatic hydroxyl groups is 1. The maximum absolute atomic E-state index is 12.3. The van der Waals surface area contributed by atoms with Crippen molar-refractivity contribution < 1.29 is 9.90 Å². The third kappa shape index (κ3) is 3.80. The van der Waals surface area contributed by atoms with E-state index in [4.69, 9.17) is 0 Å². The summed E-state index contributed by atoms with van der Waals surface area (Å²) >= 11 is 0. The van der Waals surface area contributed by atoms with Crippen LogP contribution in [0.1, 0.15) is 46.1 Å². The third-order valence-electron chi connectivity index (χ3n) is 3.96. The zero-order chi connectivity index (χ0) is 14.5. The van der Waals surface area contributed by atoms with E-state index in [1.54, 1.807) is 0 Å². The molecule has 1 rings (SSSR count). The van der Waals surface area contributed by atoms with Gasteiger partial charge in [-0.05, 0) is 32.3 Å². The van der Waals surface area contributed by atoms with E-state index >= 15 is 0 Å². The van der Waals surface area contributed by atoms with Gasteiger partial charge in [0, 0.05) is 6.54 Å². The Morgan fingerprint density at radius 2 is 1.68 bits per heavy atom. The number of benzene rings is 1. The van der Waals surface area contributed by atoms with Crippen molar-refractivity contribution in [2.24, 2.45) is 0 Å². The van der Waals surface area contributed by atoms with Crippen LogP contribution in [-0.2, 0) is 10.2 Å². The molecule has 2 N–H and O–H groups in total. The molecule has 0 aliphatic heterocycles. The van der Waals surface area contributed by atoms with Gasteiger partial charge in [-0.15, -0.1) is 0 Å². The molecule has 0 aromatic heterocycles. The molecule has 0 unspecified atom stereocenters. The molecule has 0 fully saturated rings. The molecule has 3 nitrogen and oxygen atoms in total. The minimum Gasteiger partial charge on any atom is -0.388 e. The molecule has 1 amide bonds. The summed E-state index contributed by atoms with van der Waals surface area (Å²) in [7, 11) is 0. The molecular weight excluding hydrogens is 238 g/mol. The summed E-state index contributed by atoms with van der Waals surface area (Å²) in [4.78, 5) is 12.3. The summed E-state index contributed by atoms with van der Waals surface area (Å²) in [6.07, 6.45) is 1.27. The number of hydrogen-bond donors (Lipinski definition) is 2. The Morgan fingerprint density at radius 3 is 2.16 bits per heavy atom. The highest BCUT2D eigenvalue weighted by Crippen LogP contribution is 2.23. The lowest BCUT2D eigenvalue weighted by molar-refractivity contribution is -0.127. The number of hydrogen-bond acceptors (Lipinski definition) is 2. The average Bonchev–Trinajstić information content (AvgIpc) is 2.45. The quantitative estimate of drug-likeness (QED) is 0.829. The molecule has 0 bridgehead atoms. The lowest BCUT2D eigenvalue weighted by Crippen LogP contribution is -2.47. The van der Waals surface area contributed by atoms with E-state index in [9.17, 15) is 9.90 Å². The monoisotopic (exact) mass is 263 g/mol. The fourth-order valence-corrected chi connectivity index (χ4v) is 1.95. The number of carbonyl (C=O) groups excluding carboxylic acids is 1. The van der Waals surface area contributed by atoms with Crippen LogP contribution in [0.15, 0.2) is 30.3 Å². The standard InChI is InChI=1S/C16H25NO2/c1-5-16(19,6-2)12-17-14(18)15(3,4)13-10-8-7-9-11-13/h7-11,19H,5-6,12H2,1-4H3,(H,17,18). The smallest absolute Gasteiger partial charge is 0.230 e. The summed E-state index contributed by atoms with van der Waals surface area (Å²) in [5.41, 5.74) is -0.421. The predicted octanol–water partition coefficient (Wildman–Crippen LogP) is 2.63. The van der Waals surface area contributed by atoms with Crippen molar-refractivity contribution in [3.8, 4) is 0 Å².